The number of nitrogens with zero attached hydrogens (tertiary/aromatic N) is 5. The van der Waals surface area contributed by atoms with Crippen LogP contribution in [0.25, 0.3) is 11.2 Å². The van der Waals surface area contributed by atoms with E-state index in [1.165, 1.54) is 20.4 Å². The Labute approximate surface area is 213 Å². The van der Waals surface area contributed by atoms with E-state index in [1.807, 2.05) is 14.1 Å². The van der Waals surface area contributed by atoms with Gasteiger partial charge in [0.2, 0.25) is 5.95 Å². The molecule has 0 bridgehead atoms. The third-order valence-corrected chi connectivity index (χ3v) is 7.11. The Morgan fingerprint density at radius 2 is 2.08 bits per heavy atom. The summed E-state index contributed by atoms with van der Waals surface area (Å²) in [6.45, 7) is 1.30. The average molecular weight is 532 g/mol. The normalized spacial score (nSPS) is 19.9. The van der Waals surface area contributed by atoms with E-state index in [9.17, 15) is 9.36 Å². The first-order valence-electron chi connectivity index (χ1n) is 11.3. The number of anilines is 2. The second kappa shape index (κ2) is 10.8. The molecular formula is C22H29N8O6P. The number of fused-ring (bicyclic) bond motifs is 1. The molecule has 0 radical (unpaired) electrons. The van der Waals surface area contributed by atoms with E-state index in [0.717, 1.165) is 0 Å². The summed E-state index contributed by atoms with van der Waals surface area (Å²) in [6.07, 6.45) is 0.255. The van der Waals surface area contributed by atoms with Crippen LogP contribution < -0.4 is 20.2 Å². The van der Waals surface area contributed by atoms with Gasteiger partial charge in [-0.15, -0.1) is 0 Å². The second-order valence-electron chi connectivity index (χ2n) is 8.54. The molecule has 1 fully saturated rings. The third-order valence-electron chi connectivity index (χ3n) is 5.47. The Kier molecular flexibility index (Phi) is 7.73. The monoisotopic (exact) mass is 532 g/mol. The maximum atomic E-state index is 13.6. The van der Waals surface area contributed by atoms with E-state index in [-0.39, 0.29) is 30.4 Å². The van der Waals surface area contributed by atoms with Gasteiger partial charge < -0.3 is 30.0 Å². The van der Waals surface area contributed by atoms with Crippen molar-refractivity contribution in [3.8, 4) is 5.75 Å². The summed E-state index contributed by atoms with van der Waals surface area (Å²) < 4.78 is 37.2. The van der Waals surface area contributed by atoms with Crippen LogP contribution in [0, 0.1) is 5.41 Å². The maximum Gasteiger partial charge on any atom is 0.459 e. The second-order valence-corrected chi connectivity index (χ2v) is 10.2. The van der Waals surface area contributed by atoms with Crippen molar-refractivity contribution in [3.05, 3.63) is 36.7 Å². The van der Waals surface area contributed by atoms with Gasteiger partial charge in [0.25, 0.3) is 0 Å². The Morgan fingerprint density at radius 1 is 1.35 bits per heavy atom. The number of rotatable bonds is 10. The fourth-order valence-electron chi connectivity index (χ4n) is 3.75. The van der Waals surface area contributed by atoms with Crippen molar-refractivity contribution in [2.45, 2.75) is 31.7 Å². The standard InChI is InChI=1S/C22H29N8O6P/c1-13(21(31)33-4)28-37(32,36-14-8-6-5-7-9-14)34-11-15-10-16(23)20(35-15)30-12-25-17-18(29(2)3)26-22(24)27-19(17)30/h5-9,12-13,15,20,23H,10-11H2,1-4H3,(H,28,32)(H2,24,26,27)/t13-,15-,20+,37+/m0/s1. The summed E-state index contributed by atoms with van der Waals surface area (Å²) in [6, 6.07) is 7.45. The van der Waals surface area contributed by atoms with Gasteiger partial charge in [-0.3, -0.25) is 13.9 Å². The van der Waals surface area contributed by atoms with Gasteiger partial charge in [-0.2, -0.15) is 15.1 Å². The molecule has 37 heavy (non-hydrogen) atoms. The van der Waals surface area contributed by atoms with Gasteiger partial charge in [0.1, 0.15) is 11.8 Å². The number of nitrogen functional groups attached to an aromatic ring is 1. The minimum Gasteiger partial charge on any atom is -0.468 e. The lowest BCUT2D eigenvalue weighted by Gasteiger charge is -2.23. The SMILES string of the molecule is COC(=O)[C@H](C)N[P@@](=O)(OC[C@@H]1CC(=N)[C@H](n2cnc3c(N(C)C)nc(N)nc32)O1)Oc1ccccc1. The highest BCUT2D eigenvalue weighted by Crippen LogP contribution is 2.45. The lowest BCUT2D eigenvalue weighted by atomic mass is 10.2. The number of ether oxygens (including phenoxy) is 2. The minimum absolute atomic E-state index is 0.0622. The van der Waals surface area contributed by atoms with Crippen molar-refractivity contribution < 1.29 is 27.9 Å². The number of esters is 1. The Morgan fingerprint density at radius 3 is 2.76 bits per heavy atom. The zero-order chi connectivity index (χ0) is 26.7. The van der Waals surface area contributed by atoms with E-state index < -0.39 is 32.1 Å². The van der Waals surface area contributed by atoms with Crippen LogP contribution in [0.2, 0.25) is 0 Å². The Hall–Kier alpha value is -3.58. The smallest absolute Gasteiger partial charge is 0.459 e. The molecule has 0 aliphatic carbocycles. The molecule has 2 aromatic heterocycles. The van der Waals surface area contributed by atoms with Crippen LogP contribution in [0.3, 0.4) is 0 Å². The van der Waals surface area contributed by atoms with Gasteiger partial charge in [-0.1, -0.05) is 18.2 Å². The maximum absolute atomic E-state index is 13.6. The largest absolute Gasteiger partial charge is 0.468 e. The number of nitrogens with two attached hydrogens (primary N) is 1. The Balaban J connectivity index is 1.51. The summed E-state index contributed by atoms with van der Waals surface area (Å²) in [7, 11) is 0.806. The number of para-hydroxylation sites is 1. The highest BCUT2D eigenvalue weighted by atomic mass is 31.2. The summed E-state index contributed by atoms with van der Waals surface area (Å²) in [5.41, 5.74) is 7.06. The number of carbonyl (C=O) groups is 1. The molecule has 14 nitrogen and oxygen atoms in total. The van der Waals surface area contributed by atoms with Crippen LogP contribution in [-0.4, -0.2) is 71.2 Å². The van der Waals surface area contributed by atoms with Crippen LogP contribution in [-0.2, 0) is 23.4 Å². The van der Waals surface area contributed by atoms with Crippen molar-refractivity contribution in [1.82, 2.24) is 24.6 Å². The van der Waals surface area contributed by atoms with E-state index in [1.54, 1.807) is 39.8 Å². The molecule has 0 unspecified atom stereocenters. The van der Waals surface area contributed by atoms with Gasteiger partial charge >= 0.3 is 13.7 Å². The zero-order valence-electron chi connectivity index (χ0n) is 20.8. The highest BCUT2D eigenvalue weighted by molar-refractivity contribution is 7.52. The summed E-state index contributed by atoms with van der Waals surface area (Å²) >= 11 is 0. The number of hydrogen-bond acceptors (Lipinski definition) is 12. The third kappa shape index (κ3) is 5.88. The molecule has 3 heterocycles. The van der Waals surface area contributed by atoms with Crippen molar-refractivity contribution in [2.75, 3.05) is 38.4 Å². The van der Waals surface area contributed by atoms with E-state index in [2.05, 4.69) is 20.0 Å². The van der Waals surface area contributed by atoms with Crippen LogP contribution in [0.4, 0.5) is 11.8 Å². The zero-order valence-corrected chi connectivity index (χ0v) is 21.7. The van der Waals surface area contributed by atoms with Gasteiger partial charge in [-0.05, 0) is 19.1 Å². The van der Waals surface area contributed by atoms with Crippen molar-refractivity contribution in [1.29, 1.82) is 5.41 Å². The molecule has 4 atom stereocenters. The number of aromatic nitrogens is 4. The summed E-state index contributed by atoms with van der Waals surface area (Å²) in [5, 5.41) is 11.1. The summed E-state index contributed by atoms with van der Waals surface area (Å²) in [5.74, 6) is 0.250. The topological polar surface area (TPSA) is 180 Å². The number of benzene rings is 1. The van der Waals surface area contributed by atoms with Crippen LogP contribution in [0.5, 0.6) is 5.75 Å². The van der Waals surface area contributed by atoms with Crippen molar-refractivity contribution >= 4 is 42.4 Å². The predicted molar refractivity (Wildman–Crippen MR) is 136 cm³/mol. The number of imidazole rings is 1. The van der Waals surface area contributed by atoms with Gasteiger partial charge in [0.15, 0.2) is 23.2 Å². The molecule has 0 spiro atoms. The summed E-state index contributed by atoms with van der Waals surface area (Å²) in [4.78, 5) is 26.6. The molecule has 1 saturated heterocycles. The van der Waals surface area contributed by atoms with Gasteiger partial charge in [-0.25, -0.2) is 9.55 Å². The molecule has 0 amide bonds. The minimum atomic E-state index is -4.04. The van der Waals surface area contributed by atoms with E-state index in [4.69, 9.17) is 29.7 Å². The molecular weight excluding hydrogens is 503 g/mol. The molecule has 198 valence electrons. The average Bonchev–Trinajstić information content (AvgIpc) is 3.44. The first-order chi connectivity index (χ1) is 17.6. The van der Waals surface area contributed by atoms with Gasteiger partial charge in [0.05, 0.1) is 31.9 Å². The van der Waals surface area contributed by atoms with Crippen LogP contribution in [0.15, 0.2) is 36.7 Å². The molecule has 3 aromatic rings. The first-order valence-corrected chi connectivity index (χ1v) is 12.9. The number of carbonyl (C=O) groups excluding carboxylic acids is 1. The molecule has 0 saturated carbocycles. The lowest BCUT2D eigenvalue weighted by Crippen LogP contribution is -2.35. The van der Waals surface area contributed by atoms with Crippen LogP contribution in [0.1, 0.15) is 19.6 Å². The lowest BCUT2D eigenvalue weighted by molar-refractivity contribution is -0.142. The molecule has 1 aromatic carbocycles. The molecule has 4 N–H and O–H groups in total. The molecule has 1 aliphatic rings. The fourth-order valence-corrected chi connectivity index (χ4v) is 5.27. The fraction of sp³-hybridized carbons (Fsp3) is 0.409. The molecule has 1 aliphatic heterocycles. The molecule has 15 heteroatoms. The number of nitrogens with one attached hydrogen (secondary N) is 2. The van der Waals surface area contributed by atoms with Crippen LogP contribution >= 0.6 is 7.75 Å². The number of methoxy groups -OCH3 is 1. The van der Waals surface area contributed by atoms with E-state index in [0.29, 0.717) is 17.0 Å². The van der Waals surface area contributed by atoms with Gasteiger partial charge in [0, 0.05) is 20.5 Å². The number of hydrogen-bond donors (Lipinski definition) is 3. The highest BCUT2D eigenvalue weighted by Gasteiger charge is 2.38. The van der Waals surface area contributed by atoms with E-state index >= 15 is 0 Å². The quantitative estimate of drug-likeness (QED) is 0.256. The predicted octanol–water partition coefficient (Wildman–Crippen LogP) is 2.14. The Bertz CT molecular complexity index is 1330. The van der Waals surface area contributed by atoms with Crippen molar-refractivity contribution in [2.24, 2.45) is 0 Å². The molecule has 4 rings (SSSR count). The van der Waals surface area contributed by atoms with Crippen molar-refractivity contribution in [3.63, 3.8) is 0 Å². The first kappa shape index (κ1) is 26.5.